The van der Waals surface area contributed by atoms with E-state index in [0.717, 1.165) is 12.3 Å². The van der Waals surface area contributed by atoms with Crippen molar-refractivity contribution in [2.24, 2.45) is 17.3 Å². The van der Waals surface area contributed by atoms with Crippen molar-refractivity contribution >= 4 is 0 Å². The first kappa shape index (κ1) is 12.9. The smallest absolute Gasteiger partial charge is 0.0672 e. The minimum Gasteiger partial charge on any atom is -0.310 e. The van der Waals surface area contributed by atoms with Crippen LogP contribution in [0, 0.1) is 28.6 Å². The van der Waals surface area contributed by atoms with E-state index in [0.29, 0.717) is 17.5 Å². The number of hydrogen-bond donors (Lipinski definition) is 1. The molecule has 2 aliphatic carbocycles. The third-order valence-corrected chi connectivity index (χ3v) is 4.80. The molecule has 0 spiro atoms. The second kappa shape index (κ2) is 4.98. The van der Waals surface area contributed by atoms with Gasteiger partial charge in [0.15, 0.2) is 0 Å². The second-order valence-corrected chi connectivity index (χ2v) is 6.93. The number of nitriles is 1. The van der Waals surface area contributed by atoms with Crippen molar-refractivity contribution in [3.05, 3.63) is 0 Å². The van der Waals surface area contributed by atoms with Gasteiger partial charge in [-0.25, -0.2) is 0 Å². The molecule has 2 rings (SSSR count). The van der Waals surface area contributed by atoms with Crippen molar-refractivity contribution in [3.8, 4) is 6.07 Å². The summed E-state index contributed by atoms with van der Waals surface area (Å²) in [4.78, 5) is 0. The molecule has 0 amide bonds. The Bertz CT molecular complexity index is 303. The van der Waals surface area contributed by atoms with Crippen LogP contribution in [0.3, 0.4) is 0 Å². The van der Waals surface area contributed by atoms with Crippen LogP contribution in [-0.2, 0) is 0 Å². The van der Waals surface area contributed by atoms with Crippen LogP contribution < -0.4 is 5.32 Å². The van der Waals surface area contributed by atoms with Gasteiger partial charge in [0.1, 0.15) is 0 Å². The third kappa shape index (κ3) is 3.01. The lowest BCUT2D eigenvalue weighted by Gasteiger charge is -2.41. The monoisotopic (exact) mass is 234 g/mol. The molecule has 2 fully saturated rings. The summed E-state index contributed by atoms with van der Waals surface area (Å²) in [5, 5.41) is 12.9. The van der Waals surface area contributed by atoms with Gasteiger partial charge in [0.05, 0.1) is 12.0 Å². The lowest BCUT2D eigenvalue weighted by molar-refractivity contribution is 0.139. The Kier molecular flexibility index (Phi) is 3.78. The van der Waals surface area contributed by atoms with Crippen molar-refractivity contribution in [1.82, 2.24) is 5.32 Å². The quantitative estimate of drug-likeness (QED) is 0.794. The van der Waals surface area contributed by atoms with Crippen molar-refractivity contribution in [3.63, 3.8) is 0 Å². The Morgan fingerprint density at radius 2 is 1.94 bits per heavy atom. The summed E-state index contributed by atoms with van der Waals surface area (Å²) >= 11 is 0. The van der Waals surface area contributed by atoms with E-state index in [1.54, 1.807) is 0 Å². The van der Waals surface area contributed by atoms with Crippen molar-refractivity contribution in [2.75, 3.05) is 0 Å². The second-order valence-electron chi connectivity index (χ2n) is 6.93. The van der Waals surface area contributed by atoms with Crippen LogP contribution >= 0.6 is 0 Å². The van der Waals surface area contributed by atoms with Gasteiger partial charge in [-0.15, -0.1) is 0 Å². The third-order valence-electron chi connectivity index (χ3n) is 4.80. The molecule has 96 valence electrons. The summed E-state index contributed by atoms with van der Waals surface area (Å²) in [5.74, 6) is 1.01. The van der Waals surface area contributed by atoms with Crippen LogP contribution in [0.1, 0.15) is 59.3 Å². The molecule has 0 aromatic rings. The van der Waals surface area contributed by atoms with E-state index in [9.17, 15) is 0 Å². The van der Waals surface area contributed by atoms with Gasteiger partial charge in [0, 0.05) is 12.1 Å². The van der Waals surface area contributed by atoms with Gasteiger partial charge in [0.25, 0.3) is 0 Å². The summed E-state index contributed by atoms with van der Waals surface area (Å²) in [5.41, 5.74) is 0.516. The van der Waals surface area contributed by atoms with Crippen LogP contribution in [0.2, 0.25) is 0 Å². The first-order valence-electron chi connectivity index (χ1n) is 7.17. The molecular weight excluding hydrogens is 208 g/mol. The Morgan fingerprint density at radius 1 is 1.18 bits per heavy atom. The largest absolute Gasteiger partial charge is 0.310 e. The van der Waals surface area contributed by atoms with Crippen LogP contribution in [0.5, 0.6) is 0 Å². The van der Waals surface area contributed by atoms with E-state index in [1.165, 1.54) is 32.1 Å². The Morgan fingerprint density at radius 3 is 2.59 bits per heavy atom. The van der Waals surface area contributed by atoms with Crippen LogP contribution in [0.4, 0.5) is 0 Å². The molecule has 4 unspecified atom stereocenters. The summed E-state index contributed by atoms with van der Waals surface area (Å²) in [6.45, 7) is 7.13. The zero-order valence-electron chi connectivity index (χ0n) is 11.5. The van der Waals surface area contributed by atoms with E-state index in [2.05, 4.69) is 32.2 Å². The highest BCUT2D eigenvalue weighted by atomic mass is 15.0. The molecule has 2 saturated carbocycles. The van der Waals surface area contributed by atoms with Gasteiger partial charge in [-0.05, 0) is 43.4 Å². The molecular formula is C15H26N2. The van der Waals surface area contributed by atoms with E-state index in [1.807, 2.05) is 0 Å². The highest BCUT2D eigenvalue weighted by Crippen LogP contribution is 2.39. The fourth-order valence-electron chi connectivity index (χ4n) is 3.78. The number of nitrogens with zero attached hydrogens (tertiary/aromatic N) is 1. The first-order chi connectivity index (χ1) is 8.02. The van der Waals surface area contributed by atoms with Gasteiger partial charge in [-0.1, -0.05) is 27.2 Å². The van der Waals surface area contributed by atoms with E-state index < -0.39 is 0 Å². The maximum absolute atomic E-state index is 9.12. The Balaban J connectivity index is 1.90. The van der Waals surface area contributed by atoms with E-state index in [-0.39, 0.29) is 5.92 Å². The van der Waals surface area contributed by atoms with Crippen LogP contribution in [0.25, 0.3) is 0 Å². The fraction of sp³-hybridized carbons (Fsp3) is 0.933. The highest BCUT2D eigenvalue weighted by molar-refractivity contribution is 4.99. The number of nitrogens with one attached hydrogen (secondary N) is 1. The molecule has 2 aliphatic rings. The average Bonchev–Trinajstić information content (AvgIpc) is 2.69. The standard InChI is InChI=1S/C15H26N2/c1-11-9-15(2,3)8-7-13(11)17-14-6-4-5-12(14)10-16/h11-14,17H,4-9H2,1-3H3. The molecule has 2 heteroatoms. The normalized spacial score (nSPS) is 41.1. The minimum absolute atomic E-state index is 0.261. The van der Waals surface area contributed by atoms with Crippen molar-refractivity contribution in [1.29, 1.82) is 5.26 Å². The molecule has 0 heterocycles. The number of rotatable bonds is 2. The summed E-state index contributed by atoms with van der Waals surface area (Å²) < 4.78 is 0. The average molecular weight is 234 g/mol. The molecule has 4 atom stereocenters. The molecule has 17 heavy (non-hydrogen) atoms. The zero-order chi connectivity index (χ0) is 12.5. The van der Waals surface area contributed by atoms with E-state index in [4.69, 9.17) is 5.26 Å². The van der Waals surface area contributed by atoms with Gasteiger partial charge in [-0.3, -0.25) is 0 Å². The van der Waals surface area contributed by atoms with Gasteiger partial charge in [-0.2, -0.15) is 5.26 Å². The molecule has 0 aromatic heterocycles. The SMILES string of the molecule is CC1CC(C)(C)CCC1NC1CCCC1C#N. The fourth-order valence-corrected chi connectivity index (χ4v) is 3.78. The predicted molar refractivity (Wildman–Crippen MR) is 70.5 cm³/mol. The lowest BCUT2D eigenvalue weighted by atomic mass is 9.70. The topological polar surface area (TPSA) is 35.8 Å². The first-order valence-corrected chi connectivity index (χ1v) is 7.17. The number of hydrogen-bond acceptors (Lipinski definition) is 2. The van der Waals surface area contributed by atoms with Gasteiger partial charge in [0.2, 0.25) is 0 Å². The molecule has 1 N–H and O–H groups in total. The molecule has 2 nitrogen and oxygen atoms in total. The minimum atomic E-state index is 0.261. The molecule has 0 radical (unpaired) electrons. The highest BCUT2D eigenvalue weighted by Gasteiger charge is 2.35. The molecule has 0 bridgehead atoms. The summed E-state index contributed by atoms with van der Waals surface area (Å²) in [6, 6.07) is 3.58. The predicted octanol–water partition coefficient (Wildman–Crippen LogP) is 3.48. The van der Waals surface area contributed by atoms with Crippen molar-refractivity contribution < 1.29 is 0 Å². The Hall–Kier alpha value is -0.550. The van der Waals surface area contributed by atoms with Gasteiger partial charge < -0.3 is 5.32 Å². The maximum Gasteiger partial charge on any atom is 0.0672 e. The molecule has 0 aromatic carbocycles. The van der Waals surface area contributed by atoms with Crippen molar-refractivity contribution in [2.45, 2.75) is 71.4 Å². The Labute approximate surface area is 106 Å². The zero-order valence-corrected chi connectivity index (χ0v) is 11.5. The summed E-state index contributed by atoms with van der Waals surface area (Å²) in [7, 11) is 0. The van der Waals surface area contributed by atoms with Crippen LogP contribution in [0.15, 0.2) is 0 Å². The van der Waals surface area contributed by atoms with E-state index >= 15 is 0 Å². The summed E-state index contributed by atoms with van der Waals surface area (Å²) in [6.07, 6.45) is 7.43. The molecule has 0 aliphatic heterocycles. The van der Waals surface area contributed by atoms with Gasteiger partial charge >= 0.3 is 0 Å². The molecule has 0 saturated heterocycles. The van der Waals surface area contributed by atoms with Crippen LogP contribution in [-0.4, -0.2) is 12.1 Å². The maximum atomic E-state index is 9.12. The lowest BCUT2D eigenvalue weighted by Crippen LogP contribution is -2.47.